The lowest BCUT2D eigenvalue weighted by molar-refractivity contribution is 1.18. The van der Waals surface area contributed by atoms with Crippen molar-refractivity contribution in [2.45, 2.75) is 0 Å². The van der Waals surface area contributed by atoms with Crippen LogP contribution < -0.4 is 0 Å². The lowest BCUT2D eigenvalue weighted by Gasteiger charge is -2.15. The molecule has 0 radical (unpaired) electrons. The predicted octanol–water partition coefficient (Wildman–Crippen LogP) is 12.2. The van der Waals surface area contributed by atoms with E-state index in [9.17, 15) is 0 Å². The number of rotatable bonds is 6. The van der Waals surface area contributed by atoms with Crippen molar-refractivity contribution in [2.24, 2.45) is 0 Å². The Balaban J connectivity index is 1.16. The summed E-state index contributed by atoms with van der Waals surface area (Å²) < 4.78 is 0. The molecule has 50 heavy (non-hydrogen) atoms. The van der Waals surface area contributed by atoms with Crippen molar-refractivity contribution in [1.82, 2.24) is 15.0 Å². The van der Waals surface area contributed by atoms with Gasteiger partial charge in [0.1, 0.15) is 0 Å². The Morgan fingerprint density at radius 2 is 0.760 bits per heavy atom. The van der Waals surface area contributed by atoms with E-state index in [2.05, 4.69) is 146 Å². The molecule has 0 spiro atoms. The highest BCUT2D eigenvalue weighted by atomic mass is 14.9. The highest BCUT2D eigenvalue weighted by molar-refractivity contribution is 6.17. The van der Waals surface area contributed by atoms with Crippen molar-refractivity contribution in [3.05, 3.63) is 188 Å². The topological polar surface area (TPSA) is 38.7 Å². The van der Waals surface area contributed by atoms with Crippen LogP contribution >= 0.6 is 0 Å². The largest absolute Gasteiger partial charge is 0.248 e. The molecule has 0 fully saturated rings. The van der Waals surface area contributed by atoms with Gasteiger partial charge in [-0.1, -0.05) is 170 Å². The van der Waals surface area contributed by atoms with Crippen molar-refractivity contribution < 1.29 is 0 Å². The van der Waals surface area contributed by atoms with Crippen LogP contribution in [0.25, 0.3) is 89.1 Å². The van der Waals surface area contributed by atoms with Crippen LogP contribution in [-0.2, 0) is 0 Å². The highest BCUT2D eigenvalue weighted by Gasteiger charge is 2.15. The SMILES string of the molecule is c1ccc(-c2cc(-c3ccc(-c4cccc5c4ccc4nc(-c6ccccc6)cc(-c6ccccc6)c45)cc3)nc(-c3ccccc3)n2)cc1. The zero-order valence-corrected chi connectivity index (χ0v) is 27.2. The summed E-state index contributed by atoms with van der Waals surface area (Å²) in [5, 5.41) is 3.54. The molecule has 3 heteroatoms. The van der Waals surface area contributed by atoms with Crippen LogP contribution in [-0.4, -0.2) is 15.0 Å². The molecule has 2 heterocycles. The maximum atomic E-state index is 5.18. The Bertz CT molecular complexity index is 2540. The number of benzene rings is 7. The quantitative estimate of drug-likeness (QED) is 0.170. The van der Waals surface area contributed by atoms with Gasteiger partial charge in [-0.15, -0.1) is 0 Å². The lowest BCUT2D eigenvalue weighted by atomic mass is 9.91. The summed E-state index contributed by atoms with van der Waals surface area (Å²) >= 11 is 0. The normalized spacial score (nSPS) is 11.2. The van der Waals surface area contributed by atoms with Gasteiger partial charge in [0.25, 0.3) is 0 Å². The second-order valence-corrected chi connectivity index (χ2v) is 12.4. The van der Waals surface area contributed by atoms with E-state index in [1.165, 1.54) is 27.5 Å². The van der Waals surface area contributed by atoms with E-state index in [1.807, 2.05) is 42.5 Å². The molecule has 2 aromatic heterocycles. The molecular formula is C47H31N3. The molecule has 0 unspecified atom stereocenters. The maximum Gasteiger partial charge on any atom is 0.160 e. The Morgan fingerprint density at radius 3 is 1.36 bits per heavy atom. The molecule has 3 nitrogen and oxygen atoms in total. The molecular weight excluding hydrogens is 607 g/mol. The van der Waals surface area contributed by atoms with E-state index < -0.39 is 0 Å². The molecule has 234 valence electrons. The van der Waals surface area contributed by atoms with E-state index >= 15 is 0 Å². The molecule has 9 aromatic rings. The zero-order chi connectivity index (χ0) is 33.3. The third-order valence-electron chi connectivity index (χ3n) is 9.30. The number of pyridine rings is 1. The Hall–Kier alpha value is -6.71. The summed E-state index contributed by atoms with van der Waals surface area (Å²) in [6.45, 7) is 0. The summed E-state index contributed by atoms with van der Waals surface area (Å²) in [6, 6.07) is 65.6. The zero-order valence-electron chi connectivity index (χ0n) is 27.2. The van der Waals surface area contributed by atoms with Gasteiger partial charge in [-0.05, 0) is 51.2 Å². The van der Waals surface area contributed by atoms with Crippen LogP contribution in [0.5, 0.6) is 0 Å². The fraction of sp³-hybridized carbons (Fsp3) is 0. The minimum Gasteiger partial charge on any atom is -0.248 e. The molecule has 7 aromatic carbocycles. The smallest absolute Gasteiger partial charge is 0.160 e. The average molecular weight is 638 g/mol. The van der Waals surface area contributed by atoms with Crippen molar-refractivity contribution >= 4 is 21.7 Å². The highest BCUT2D eigenvalue weighted by Crippen LogP contribution is 2.40. The molecule has 9 rings (SSSR count). The standard InChI is InChI=1S/C47H31N3/c1-5-14-32(15-6-1)41-30-43(34-16-7-2-8-17-34)48-42-29-28-39-38(22-13-23-40(39)46(41)42)33-24-26-36(27-25-33)45-31-44(35-18-9-3-10-19-35)49-47(50-45)37-20-11-4-12-21-37/h1-31H. The van der Waals surface area contributed by atoms with E-state index in [1.54, 1.807) is 0 Å². The van der Waals surface area contributed by atoms with Gasteiger partial charge in [0.2, 0.25) is 0 Å². The van der Waals surface area contributed by atoms with Gasteiger partial charge in [-0.3, -0.25) is 0 Å². The summed E-state index contributed by atoms with van der Waals surface area (Å²) in [6.07, 6.45) is 0. The van der Waals surface area contributed by atoms with Crippen LogP contribution in [0, 0.1) is 0 Å². The molecule has 0 saturated heterocycles. The van der Waals surface area contributed by atoms with E-state index in [4.69, 9.17) is 15.0 Å². The van der Waals surface area contributed by atoms with Crippen molar-refractivity contribution in [3.63, 3.8) is 0 Å². The van der Waals surface area contributed by atoms with Crippen LogP contribution in [0.3, 0.4) is 0 Å². The number of nitrogens with zero attached hydrogens (tertiary/aromatic N) is 3. The Labute approximate surface area is 291 Å². The van der Waals surface area contributed by atoms with Crippen LogP contribution in [0.15, 0.2) is 188 Å². The second-order valence-electron chi connectivity index (χ2n) is 12.4. The van der Waals surface area contributed by atoms with Crippen LogP contribution in [0.4, 0.5) is 0 Å². The number of hydrogen-bond donors (Lipinski definition) is 0. The van der Waals surface area contributed by atoms with Gasteiger partial charge < -0.3 is 0 Å². The molecule has 0 atom stereocenters. The fourth-order valence-corrected chi connectivity index (χ4v) is 6.84. The lowest BCUT2D eigenvalue weighted by Crippen LogP contribution is -1.95. The van der Waals surface area contributed by atoms with E-state index in [0.717, 1.165) is 55.8 Å². The Kier molecular flexibility index (Phi) is 7.49. The van der Waals surface area contributed by atoms with Crippen molar-refractivity contribution in [1.29, 1.82) is 0 Å². The molecule has 0 amide bonds. The minimum absolute atomic E-state index is 0.713. The Morgan fingerprint density at radius 1 is 0.280 bits per heavy atom. The molecule has 0 aliphatic carbocycles. The first kappa shape index (κ1) is 29.4. The molecule has 0 saturated carbocycles. The molecule has 0 aliphatic rings. The molecule has 0 aliphatic heterocycles. The number of fused-ring (bicyclic) bond motifs is 3. The van der Waals surface area contributed by atoms with Gasteiger partial charge in [0.15, 0.2) is 5.82 Å². The maximum absolute atomic E-state index is 5.18. The minimum atomic E-state index is 0.713. The first-order chi connectivity index (χ1) is 24.8. The monoisotopic (exact) mass is 637 g/mol. The predicted molar refractivity (Wildman–Crippen MR) is 207 cm³/mol. The van der Waals surface area contributed by atoms with E-state index in [-0.39, 0.29) is 0 Å². The van der Waals surface area contributed by atoms with Gasteiger partial charge in [-0.25, -0.2) is 15.0 Å². The van der Waals surface area contributed by atoms with Crippen LogP contribution in [0.2, 0.25) is 0 Å². The third-order valence-corrected chi connectivity index (χ3v) is 9.30. The summed E-state index contributed by atoms with van der Waals surface area (Å²) in [5.74, 6) is 0.713. The first-order valence-electron chi connectivity index (χ1n) is 16.9. The molecule has 0 N–H and O–H groups in total. The second kappa shape index (κ2) is 12.7. The number of aromatic nitrogens is 3. The first-order valence-corrected chi connectivity index (χ1v) is 16.9. The van der Waals surface area contributed by atoms with Crippen molar-refractivity contribution in [2.75, 3.05) is 0 Å². The van der Waals surface area contributed by atoms with Gasteiger partial charge in [-0.2, -0.15) is 0 Å². The summed E-state index contributed by atoms with van der Waals surface area (Å²) in [5.41, 5.74) is 12.6. The van der Waals surface area contributed by atoms with E-state index in [0.29, 0.717) is 5.82 Å². The van der Waals surface area contributed by atoms with Crippen molar-refractivity contribution in [3.8, 4) is 67.4 Å². The fourth-order valence-electron chi connectivity index (χ4n) is 6.84. The number of hydrogen-bond acceptors (Lipinski definition) is 3. The molecule has 0 bridgehead atoms. The van der Waals surface area contributed by atoms with Crippen LogP contribution in [0.1, 0.15) is 0 Å². The average Bonchev–Trinajstić information content (AvgIpc) is 3.21. The summed E-state index contributed by atoms with van der Waals surface area (Å²) in [4.78, 5) is 15.2. The third kappa shape index (κ3) is 5.51. The summed E-state index contributed by atoms with van der Waals surface area (Å²) in [7, 11) is 0. The van der Waals surface area contributed by atoms with Gasteiger partial charge >= 0.3 is 0 Å². The van der Waals surface area contributed by atoms with Gasteiger partial charge in [0.05, 0.1) is 22.6 Å². The van der Waals surface area contributed by atoms with Gasteiger partial charge in [0, 0.05) is 27.6 Å².